The third-order valence-electron chi connectivity index (χ3n) is 3.23. The Balaban J connectivity index is 2.01. The highest BCUT2D eigenvalue weighted by Gasteiger charge is 2.20. The van der Waals surface area contributed by atoms with E-state index in [0.717, 1.165) is 11.6 Å². The van der Waals surface area contributed by atoms with Gasteiger partial charge in [0.25, 0.3) is 0 Å². The van der Waals surface area contributed by atoms with Gasteiger partial charge in [0.15, 0.2) is 9.84 Å². The van der Waals surface area contributed by atoms with Crippen molar-refractivity contribution in [1.82, 2.24) is 0 Å². The van der Waals surface area contributed by atoms with Gasteiger partial charge in [-0.25, -0.2) is 12.8 Å². The highest BCUT2D eigenvalue weighted by atomic mass is 35.5. The number of nitrogens with one attached hydrogen (secondary N) is 1. The van der Waals surface area contributed by atoms with E-state index in [4.69, 9.17) is 11.6 Å². The summed E-state index contributed by atoms with van der Waals surface area (Å²) in [6.07, 6.45) is -0.276. The minimum absolute atomic E-state index is 0.276. The summed E-state index contributed by atoms with van der Waals surface area (Å²) < 4.78 is 37.7. The van der Waals surface area contributed by atoms with E-state index in [1.807, 2.05) is 6.92 Å². The zero-order chi connectivity index (χ0) is 17.0. The van der Waals surface area contributed by atoms with Gasteiger partial charge in [0.05, 0.1) is 5.75 Å². The van der Waals surface area contributed by atoms with Crippen LogP contribution in [0.2, 0.25) is 5.02 Å². The van der Waals surface area contributed by atoms with E-state index < -0.39 is 32.2 Å². The Bertz CT molecular complexity index is 837. The second-order valence-corrected chi connectivity index (χ2v) is 7.50. The van der Waals surface area contributed by atoms with E-state index in [0.29, 0.717) is 10.7 Å². The molecule has 0 saturated heterocycles. The van der Waals surface area contributed by atoms with Gasteiger partial charge in [-0.05, 0) is 36.8 Å². The summed E-state index contributed by atoms with van der Waals surface area (Å²) in [6.45, 7) is 1.83. The summed E-state index contributed by atoms with van der Waals surface area (Å²) in [6, 6.07) is 10.1. The molecular formula is C16H15ClFNO3S. The zero-order valence-corrected chi connectivity index (χ0v) is 13.9. The first-order chi connectivity index (χ1) is 10.8. The van der Waals surface area contributed by atoms with Crippen LogP contribution in [0.15, 0.2) is 47.4 Å². The first kappa shape index (κ1) is 17.4. The number of carbonyl (C=O) groups excluding carboxylic acids is 1. The third kappa shape index (κ3) is 4.53. The van der Waals surface area contributed by atoms with Gasteiger partial charge in [-0.1, -0.05) is 29.8 Å². The molecule has 2 aromatic carbocycles. The number of anilines is 1. The Morgan fingerprint density at radius 1 is 1.22 bits per heavy atom. The normalized spacial score (nSPS) is 11.3. The van der Waals surface area contributed by atoms with Crippen LogP contribution in [0.25, 0.3) is 0 Å². The first-order valence-electron chi connectivity index (χ1n) is 6.83. The van der Waals surface area contributed by atoms with Crippen molar-refractivity contribution in [1.29, 1.82) is 0 Å². The van der Waals surface area contributed by atoms with Crippen LogP contribution in [-0.2, 0) is 14.6 Å². The average Bonchev–Trinajstić information content (AvgIpc) is 2.49. The predicted molar refractivity (Wildman–Crippen MR) is 87.9 cm³/mol. The van der Waals surface area contributed by atoms with E-state index in [2.05, 4.69) is 5.32 Å². The number of hydrogen-bond donors (Lipinski definition) is 1. The highest BCUT2D eigenvalue weighted by molar-refractivity contribution is 7.91. The number of rotatable bonds is 5. The molecule has 0 fully saturated rings. The van der Waals surface area contributed by atoms with Crippen molar-refractivity contribution in [3.8, 4) is 0 Å². The summed E-state index contributed by atoms with van der Waals surface area (Å²) >= 11 is 5.96. The minimum atomic E-state index is -3.86. The van der Waals surface area contributed by atoms with Crippen molar-refractivity contribution in [3.05, 3.63) is 58.9 Å². The summed E-state index contributed by atoms with van der Waals surface area (Å²) in [7, 11) is -3.86. The fourth-order valence-electron chi connectivity index (χ4n) is 1.93. The molecule has 0 radical (unpaired) electrons. The number of hydrogen-bond acceptors (Lipinski definition) is 3. The van der Waals surface area contributed by atoms with Gasteiger partial charge in [-0.3, -0.25) is 4.79 Å². The second-order valence-electron chi connectivity index (χ2n) is 5.01. The number of aryl methyl sites for hydroxylation is 1. The van der Waals surface area contributed by atoms with Crippen LogP contribution in [0.4, 0.5) is 10.1 Å². The van der Waals surface area contributed by atoms with E-state index >= 15 is 0 Å². The molecule has 0 aromatic heterocycles. The minimum Gasteiger partial charge on any atom is -0.326 e. The van der Waals surface area contributed by atoms with Crippen molar-refractivity contribution < 1.29 is 17.6 Å². The molecule has 0 aliphatic rings. The third-order valence-corrected chi connectivity index (χ3v) is 5.38. The molecule has 0 unspecified atom stereocenters. The quantitative estimate of drug-likeness (QED) is 0.891. The van der Waals surface area contributed by atoms with Crippen molar-refractivity contribution in [2.75, 3.05) is 11.1 Å². The topological polar surface area (TPSA) is 63.2 Å². The maximum atomic E-state index is 13.5. The van der Waals surface area contributed by atoms with Crippen LogP contribution in [-0.4, -0.2) is 20.1 Å². The molecule has 2 aromatic rings. The molecule has 122 valence electrons. The van der Waals surface area contributed by atoms with Crippen LogP contribution in [0, 0.1) is 12.7 Å². The molecule has 0 heterocycles. The summed E-state index contributed by atoms with van der Waals surface area (Å²) in [5.41, 5.74) is 1.35. The standard InChI is InChI=1S/C16H15ClFNO3S/c1-11-6-7-12(10-13(11)17)19-16(20)8-9-23(21,22)15-5-3-2-4-14(15)18/h2-7,10H,8-9H2,1H3,(H,19,20). The number of halogens is 2. The van der Waals surface area contributed by atoms with Crippen LogP contribution in [0.1, 0.15) is 12.0 Å². The molecule has 2 rings (SSSR count). The number of amides is 1. The summed E-state index contributed by atoms with van der Waals surface area (Å²) in [5, 5.41) is 3.07. The number of sulfone groups is 1. The zero-order valence-electron chi connectivity index (χ0n) is 12.3. The average molecular weight is 356 g/mol. The Kier molecular flexibility index (Phi) is 5.38. The Labute approximate surface area is 139 Å². The molecule has 0 bridgehead atoms. The molecule has 0 atom stereocenters. The molecule has 4 nitrogen and oxygen atoms in total. The van der Waals surface area contributed by atoms with E-state index in [9.17, 15) is 17.6 Å². The largest absolute Gasteiger partial charge is 0.326 e. The summed E-state index contributed by atoms with van der Waals surface area (Å²) in [5.74, 6) is -1.78. The van der Waals surface area contributed by atoms with E-state index in [1.54, 1.807) is 18.2 Å². The van der Waals surface area contributed by atoms with Crippen molar-refractivity contribution in [3.63, 3.8) is 0 Å². The van der Waals surface area contributed by atoms with Gasteiger partial charge in [0.1, 0.15) is 10.7 Å². The van der Waals surface area contributed by atoms with Gasteiger partial charge in [0, 0.05) is 17.1 Å². The predicted octanol–water partition coefficient (Wildman–Crippen LogP) is 3.59. The lowest BCUT2D eigenvalue weighted by molar-refractivity contribution is -0.115. The number of carbonyl (C=O) groups is 1. The Morgan fingerprint density at radius 3 is 2.57 bits per heavy atom. The first-order valence-corrected chi connectivity index (χ1v) is 8.86. The van der Waals surface area contributed by atoms with Crippen molar-refractivity contribution >= 4 is 33.0 Å². The van der Waals surface area contributed by atoms with Gasteiger partial charge >= 0.3 is 0 Å². The van der Waals surface area contributed by atoms with Crippen LogP contribution < -0.4 is 5.32 Å². The van der Waals surface area contributed by atoms with Gasteiger partial charge in [0.2, 0.25) is 5.91 Å². The second kappa shape index (κ2) is 7.10. The lowest BCUT2D eigenvalue weighted by Crippen LogP contribution is -2.18. The maximum absolute atomic E-state index is 13.5. The monoisotopic (exact) mass is 355 g/mol. The number of benzene rings is 2. The molecule has 0 spiro atoms. The molecule has 1 amide bonds. The molecule has 7 heteroatoms. The van der Waals surface area contributed by atoms with E-state index in [1.165, 1.54) is 18.2 Å². The molecule has 0 aliphatic carbocycles. The van der Waals surface area contributed by atoms with Gasteiger partial charge in [-0.15, -0.1) is 0 Å². The SMILES string of the molecule is Cc1ccc(NC(=O)CCS(=O)(=O)c2ccccc2F)cc1Cl. The molecule has 23 heavy (non-hydrogen) atoms. The highest BCUT2D eigenvalue weighted by Crippen LogP contribution is 2.20. The summed E-state index contributed by atoms with van der Waals surface area (Å²) in [4.78, 5) is 11.5. The van der Waals surface area contributed by atoms with Crippen LogP contribution in [0.5, 0.6) is 0 Å². The van der Waals surface area contributed by atoms with Gasteiger partial charge in [-0.2, -0.15) is 0 Å². The molecule has 1 N–H and O–H groups in total. The van der Waals surface area contributed by atoms with Crippen molar-refractivity contribution in [2.24, 2.45) is 0 Å². The Morgan fingerprint density at radius 2 is 1.91 bits per heavy atom. The molecular weight excluding hydrogens is 341 g/mol. The fourth-order valence-corrected chi connectivity index (χ4v) is 3.43. The van der Waals surface area contributed by atoms with Crippen LogP contribution >= 0.6 is 11.6 Å². The lowest BCUT2D eigenvalue weighted by atomic mass is 10.2. The fraction of sp³-hybridized carbons (Fsp3) is 0.188. The van der Waals surface area contributed by atoms with Gasteiger partial charge < -0.3 is 5.32 Å². The van der Waals surface area contributed by atoms with Crippen LogP contribution in [0.3, 0.4) is 0 Å². The van der Waals surface area contributed by atoms with Crippen molar-refractivity contribution in [2.45, 2.75) is 18.2 Å². The smallest absolute Gasteiger partial charge is 0.225 e. The maximum Gasteiger partial charge on any atom is 0.225 e. The Hall–Kier alpha value is -1.92. The molecule has 0 saturated carbocycles. The van der Waals surface area contributed by atoms with E-state index in [-0.39, 0.29) is 6.42 Å². The lowest BCUT2D eigenvalue weighted by Gasteiger charge is -2.08. The molecule has 0 aliphatic heterocycles.